The molecule has 0 saturated heterocycles. The van der Waals surface area contributed by atoms with Crippen LogP contribution in [0.15, 0.2) is 42.7 Å². The van der Waals surface area contributed by atoms with Gasteiger partial charge in [-0.3, -0.25) is 4.98 Å². The van der Waals surface area contributed by atoms with Crippen LogP contribution in [0.5, 0.6) is 0 Å². The molecule has 0 fully saturated rings. The summed E-state index contributed by atoms with van der Waals surface area (Å²) in [7, 11) is 1.98. The van der Waals surface area contributed by atoms with E-state index >= 15 is 0 Å². The maximum absolute atomic E-state index is 8.98. The first-order chi connectivity index (χ1) is 9.22. The number of nitrogen functional groups attached to an aromatic ring is 1. The van der Waals surface area contributed by atoms with Crippen LogP contribution in [0.4, 0.5) is 11.4 Å². The summed E-state index contributed by atoms with van der Waals surface area (Å²) in [6, 6.07) is 11.6. The van der Waals surface area contributed by atoms with Gasteiger partial charge in [-0.25, -0.2) is 0 Å². The first-order valence-electron chi connectivity index (χ1n) is 6.11. The molecule has 0 aliphatic rings. The van der Waals surface area contributed by atoms with Gasteiger partial charge >= 0.3 is 0 Å². The van der Waals surface area contributed by atoms with Gasteiger partial charge in [0.05, 0.1) is 16.9 Å². The second-order valence-electron chi connectivity index (χ2n) is 4.38. The van der Waals surface area contributed by atoms with Crippen molar-refractivity contribution < 1.29 is 0 Å². The molecular weight excluding hydrogens is 236 g/mol. The molecule has 0 atom stereocenters. The minimum atomic E-state index is 0.522. The van der Waals surface area contributed by atoms with Crippen molar-refractivity contribution in [3.05, 3.63) is 53.9 Å². The van der Waals surface area contributed by atoms with Gasteiger partial charge in [-0.1, -0.05) is 6.07 Å². The Balaban J connectivity index is 2.09. The Kier molecular flexibility index (Phi) is 3.99. The first kappa shape index (κ1) is 12.9. The smallest absolute Gasteiger partial charge is 0.101 e. The number of hydrogen-bond acceptors (Lipinski definition) is 4. The van der Waals surface area contributed by atoms with Crippen molar-refractivity contribution in [3.63, 3.8) is 0 Å². The number of benzene rings is 1. The zero-order valence-electron chi connectivity index (χ0n) is 10.9. The van der Waals surface area contributed by atoms with Crippen molar-refractivity contribution in [1.82, 2.24) is 4.98 Å². The molecule has 0 amide bonds. The molecule has 2 rings (SSSR count). The molecule has 19 heavy (non-hydrogen) atoms. The third-order valence-electron chi connectivity index (χ3n) is 3.10. The summed E-state index contributed by atoms with van der Waals surface area (Å²) in [5, 5.41) is 8.98. The predicted octanol–water partition coefficient (Wildman–Crippen LogP) is 2.21. The van der Waals surface area contributed by atoms with Gasteiger partial charge in [0.1, 0.15) is 6.07 Å². The van der Waals surface area contributed by atoms with Gasteiger partial charge in [-0.15, -0.1) is 0 Å². The monoisotopic (exact) mass is 252 g/mol. The molecule has 1 heterocycles. The molecule has 0 radical (unpaired) electrons. The molecular formula is C15H16N4. The molecule has 4 heteroatoms. The fraction of sp³-hybridized carbons (Fsp3) is 0.200. The Labute approximate surface area is 113 Å². The van der Waals surface area contributed by atoms with Crippen molar-refractivity contribution in [3.8, 4) is 6.07 Å². The van der Waals surface area contributed by atoms with E-state index in [1.54, 1.807) is 18.5 Å². The van der Waals surface area contributed by atoms with Crippen molar-refractivity contribution >= 4 is 11.4 Å². The number of nitrogens with two attached hydrogens (primary N) is 1. The lowest BCUT2D eigenvalue weighted by atomic mass is 10.1. The summed E-state index contributed by atoms with van der Waals surface area (Å²) in [5.41, 5.74) is 9.18. The number of para-hydroxylation sites is 1. The molecule has 0 aliphatic heterocycles. The molecule has 0 spiro atoms. The zero-order chi connectivity index (χ0) is 13.7. The SMILES string of the molecule is CN(CCc1ccncc1)c1cccc(C#N)c1N. The van der Waals surface area contributed by atoms with Crippen LogP contribution in [0.3, 0.4) is 0 Å². The van der Waals surface area contributed by atoms with Crippen molar-refractivity contribution in [1.29, 1.82) is 5.26 Å². The molecule has 4 nitrogen and oxygen atoms in total. The summed E-state index contributed by atoms with van der Waals surface area (Å²) >= 11 is 0. The highest BCUT2D eigenvalue weighted by atomic mass is 15.1. The van der Waals surface area contributed by atoms with Crippen molar-refractivity contribution in [2.45, 2.75) is 6.42 Å². The molecule has 2 aromatic rings. The number of hydrogen-bond donors (Lipinski definition) is 1. The molecule has 96 valence electrons. The van der Waals surface area contributed by atoms with Crippen molar-refractivity contribution in [2.75, 3.05) is 24.2 Å². The highest BCUT2D eigenvalue weighted by Crippen LogP contribution is 2.25. The fourth-order valence-electron chi connectivity index (χ4n) is 1.95. The summed E-state index contributed by atoms with van der Waals surface area (Å²) in [5.74, 6) is 0. The van der Waals surface area contributed by atoms with E-state index in [1.165, 1.54) is 5.56 Å². The van der Waals surface area contributed by atoms with E-state index in [4.69, 9.17) is 11.0 Å². The van der Waals surface area contributed by atoms with Gasteiger partial charge in [-0.2, -0.15) is 5.26 Å². The third-order valence-corrected chi connectivity index (χ3v) is 3.10. The highest BCUT2D eigenvalue weighted by molar-refractivity contribution is 5.73. The van der Waals surface area contributed by atoms with Crippen LogP contribution < -0.4 is 10.6 Å². The molecule has 0 saturated carbocycles. The Morgan fingerprint density at radius 3 is 2.68 bits per heavy atom. The number of nitrogens with zero attached hydrogens (tertiary/aromatic N) is 3. The molecule has 1 aromatic heterocycles. The number of nitriles is 1. The molecule has 2 N–H and O–H groups in total. The summed E-state index contributed by atoms with van der Waals surface area (Å²) in [4.78, 5) is 6.06. The van der Waals surface area contributed by atoms with Crippen LogP contribution >= 0.6 is 0 Å². The van der Waals surface area contributed by atoms with Crippen LogP contribution in [0, 0.1) is 11.3 Å². The second-order valence-corrected chi connectivity index (χ2v) is 4.38. The maximum Gasteiger partial charge on any atom is 0.101 e. The van der Waals surface area contributed by atoms with Crippen LogP contribution in [-0.4, -0.2) is 18.6 Å². The minimum Gasteiger partial charge on any atom is -0.396 e. The lowest BCUT2D eigenvalue weighted by molar-refractivity contribution is 0.876. The van der Waals surface area contributed by atoms with Crippen LogP contribution in [0.2, 0.25) is 0 Å². The van der Waals surface area contributed by atoms with Gasteiger partial charge in [0.25, 0.3) is 0 Å². The van der Waals surface area contributed by atoms with Crippen LogP contribution in [0.1, 0.15) is 11.1 Å². The normalized spacial score (nSPS) is 9.89. The van der Waals surface area contributed by atoms with Gasteiger partial charge in [-0.05, 0) is 36.2 Å². The summed E-state index contributed by atoms with van der Waals surface area (Å²) in [6.07, 6.45) is 4.50. The lowest BCUT2D eigenvalue weighted by Gasteiger charge is -2.21. The Morgan fingerprint density at radius 1 is 1.26 bits per heavy atom. The van der Waals surface area contributed by atoms with E-state index < -0.39 is 0 Å². The second kappa shape index (κ2) is 5.87. The predicted molar refractivity (Wildman–Crippen MR) is 76.8 cm³/mol. The standard InChI is InChI=1S/C15H16N4/c1-19(10-7-12-5-8-18-9-6-12)14-4-2-3-13(11-16)15(14)17/h2-6,8-9H,7,10,17H2,1H3. The topological polar surface area (TPSA) is 65.9 Å². The summed E-state index contributed by atoms with van der Waals surface area (Å²) < 4.78 is 0. The van der Waals surface area contributed by atoms with Crippen molar-refractivity contribution in [2.24, 2.45) is 0 Å². The van der Waals surface area contributed by atoms with E-state index in [0.29, 0.717) is 11.3 Å². The quantitative estimate of drug-likeness (QED) is 0.847. The molecule has 1 aromatic carbocycles. The van der Waals surface area contributed by atoms with Crippen LogP contribution in [0.25, 0.3) is 0 Å². The third kappa shape index (κ3) is 3.02. The molecule has 0 bridgehead atoms. The average molecular weight is 252 g/mol. The van der Waals surface area contributed by atoms with Gasteiger partial charge in [0.15, 0.2) is 0 Å². The van der Waals surface area contributed by atoms with E-state index in [9.17, 15) is 0 Å². The Bertz CT molecular complexity index is 587. The fourth-order valence-corrected chi connectivity index (χ4v) is 1.95. The number of aromatic nitrogens is 1. The minimum absolute atomic E-state index is 0.522. The summed E-state index contributed by atoms with van der Waals surface area (Å²) in [6.45, 7) is 0.836. The molecule has 0 aliphatic carbocycles. The van der Waals surface area contributed by atoms with Crippen LogP contribution in [-0.2, 0) is 6.42 Å². The van der Waals surface area contributed by atoms with E-state index in [-0.39, 0.29) is 0 Å². The number of rotatable bonds is 4. The Hall–Kier alpha value is -2.54. The Morgan fingerprint density at radius 2 is 2.00 bits per heavy atom. The zero-order valence-corrected chi connectivity index (χ0v) is 10.9. The van der Waals surface area contributed by atoms with Gasteiger partial charge in [0.2, 0.25) is 0 Å². The number of likely N-dealkylation sites (N-methyl/N-ethyl adjacent to an activating group) is 1. The van der Waals surface area contributed by atoms with E-state index in [2.05, 4.69) is 16.0 Å². The average Bonchev–Trinajstić information content (AvgIpc) is 2.46. The number of pyridine rings is 1. The first-order valence-corrected chi connectivity index (χ1v) is 6.11. The highest BCUT2D eigenvalue weighted by Gasteiger charge is 2.08. The maximum atomic E-state index is 8.98. The van der Waals surface area contributed by atoms with Gasteiger partial charge in [0, 0.05) is 26.0 Å². The van der Waals surface area contributed by atoms with Gasteiger partial charge < -0.3 is 10.6 Å². The number of anilines is 2. The van der Waals surface area contributed by atoms with E-state index in [0.717, 1.165) is 18.7 Å². The van der Waals surface area contributed by atoms with E-state index in [1.807, 2.05) is 31.3 Å². The lowest BCUT2D eigenvalue weighted by Crippen LogP contribution is -2.21. The largest absolute Gasteiger partial charge is 0.396 e. The molecule has 0 unspecified atom stereocenters.